The molecule has 7 heteroatoms. The Morgan fingerprint density at radius 2 is 2.10 bits per heavy atom. The van der Waals surface area contributed by atoms with Gasteiger partial charge in [0.25, 0.3) is 0 Å². The second-order valence-electron chi connectivity index (χ2n) is 4.76. The Hall–Kier alpha value is -1.89. The molecule has 2 aromatic rings. The molecule has 0 radical (unpaired) electrons. The predicted octanol–water partition coefficient (Wildman–Crippen LogP) is 1.98. The summed E-state index contributed by atoms with van der Waals surface area (Å²) in [5.41, 5.74) is 2.06. The van der Waals surface area contributed by atoms with E-state index in [9.17, 15) is 4.79 Å². The van der Waals surface area contributed by atoms with E-state index in [-0.39, 0.29) is 11.2 Å². The number of tetrazole rings is 1. The maximum atomic E-state index is 11.9. The summed E-state index contributed by atoms with van der Waals surface area (Å²) in [5, 5.41) is 14.9. The average Bonchev–Trinajstić information content (AvgIpc) is 2.93. The smallest absolute Gasteiger partial charge is 0.233 e. The molecule has 1 aromatic carbocycles. The van der Waals surface area contributed by atoms with Gasteiger partial charge in [0, 0.05) is 6.54 Å². The van der Waals surface area contributed by atoms with Gasteiger partial charge in [-0.05, 0) is 42.8 Å². The maximum absolute atomic E-state index is 11.9. The molecule has 0 saturated carbocycles. The van der Waals surface area contributed by atoms with Gasteiger partial charge >= 0.3 is 0 Å². The van der Waals surface area contributed by atoms with Crippen LogP contribution in [0.1, 0.15) is 25.8 Å². The number of benzene rings is 1. The second kappa shape index (κ2) is 7.21. The van der Waals surface area contributed by atoms with Crippen molar-refractivity contribution in [2.75, 3.05) is 6.54 Å². The van der Waals surface area contributed by atoms with Gasteiger partial charge in [-0.15, -0.1) is 5.10 Å². The van der Waals surface area contributed by atoms with Gasteiger partial charge < -0.3 is 5.32 Å². The number of rotatable bonds is 6. The van der Waals surface area contributed by atoms with Crippen LogP contribution in [0.4, 0.5) is 0 Å². The van der Waals surface area contributed by atoms with E-state index in [0.717, 1.165) is 12.1 Å². The quantitative estimate of drug-likeness (QED) is 0.826. The zero-order chi connectivity index (χ0) is 15.2. The summed E-state index contributed by atoms with van der Waals surface area (Å²) in [6.45, 7) is 6.59. The topological polar surface area (TPSA) is 72.7 Å². The summed E-state index contributed by atoms with van der Waals surface area (Å²) in [6, 6.07) is 7.92. The van der Waals surface area contributed by atoms with Crippen LogP contribution in [0.25, 0.3) is 5.69 Å². The predicted molar refractivity (Wildman–Crippen MR) is 82.5 cm³/mol. The molecule has 1 aromatic heterocycles. The normalized spacial score (nSPS) is 12.1. The number of aromatic nitrogens is 4. The Morgan fingerprint density at radius 3 is 2.76 bits per heavy atom. The molecule has 1 heterocycles. The molecule has 0 spiro atoms. The first-order valence-corrected chi connectivity index (χ1v) is 7.79. The minimum atomic E-state index is -0.244. The van der Waals surface area contributed by atoms with E-state index < -0.39 is 0 Å². The molecule has 1 amide bonds. The number of aryl methyl sites for hydroxylation is 1. The van der Waals surface area contributed by atoms with Crippen molar-refractivity contribution in [3.8, 4) is 5.69 Å². The number of hydrogen-bond acceptors (Lipinski definition) is 5. The van der Waals surface area contributed by atoms with Gasteiger partial charge in [0.2, 0.25) is 11.1 Å². The zero-order valence-electron chi connectivity index (χ0n) is 12.4. The molecule has 1 N–H and O–H groups in total. The summed E-state index contributed by atoms with van der Waals surface area (Å²) < 4.78 is 1.65. The molecule has 0 fully saturated rings. The van der Waals surface area contributed by atoms with Gasteiger partial charge in [-0.1, -0.05) is 36.4 Å². The highest BCUT2D eigenvalue weighted by molar-refractivity contribution is 8.00. The molecular weight excluding hydrogens is 286 g/mol. The Balaban J connectivity index is 2.10. The van der Waals surface area contributed by atoms with E-state index in [2.05, 4.69) is 20.8 Å². The number of nitrogens with one attached hydrogen (secondary N) is 1. The third-order valence-corrected chi connectivity index (χ3v) is 3.95. The summed E-state index contributed by atoms with van der Waals surface area (Å²) in [6.07, 6.45) is 0.921. The van der Waals surface area contributed by atoms with Gasteiger partial charge in [0.05, 0.1) is 10.9 Å². The molecular formula is C14H19N5OS. The van der Waals surface area contributed by atoms with Crippen molar-refractivity contribution in [3.05, 3.63) is 29.8 Å². The lowest BCUT2D eigenvalue weighted by atomic mass is 10.2. The third kappa shape index (κ3) is 4.04. The highest BCUT2D eigenvalue weighted by Gasteiger charge is 2.18. The molecule has 1 unspecified atom stereocenters. The molecule has 0 aliphatic rings. The van der Waals surface area contributed by atoms with Crippen LogP contribution >= 0.6 is 11.8 Å². The number of carbonyl (C=O) groups excluding carboxylic acids is 1. The van der Waals surface area contributed by atoms with Crippen molar-refractivity contribution in [2.24, 2.45) is 0 Å². The fourth-order valence-corrected chi connectivity index (χ4v) is 2.54. The van der Waals surface area contributed by atoms with Crippen LogP contribution < -0.4 is 5.32 Å². The van der Waals surface area contributed by atoms with E-state index in [4.69, 9.17) is 0 Å². The summed E-state index contributed by atoms with van der Waals surface area (Å²) >= 11 is 1.35. The SMILES string of the molecule is CCCNC(=O)C(C)Sc1nnnn1-c1ccc(C)cc1. The minimum Gasteiger partial charge on any atom is -0.355 e. The number of thioether (sulfide) groups is 1. The van der Waals surface area contributed by atoms with Crippen LogP contribution in [0.3, 0.4) is 0 Å². The van der Waals surface area contributed by atoms with Gasteiger partial charge in [-0.3, -0.25) is 4.79 Å². The standard InChI is InChI=1S/C14H19N5OS/c1-4-9-15-13(20)11(3)21-14-16-17-18-19(14)12-7-5-10(2)6-8-12/h5-8,11H,4,9H2,1-3H3,(H,15,20). The lowest BCUT2D eigenvalue weighted by Crippen LogP contribution is -2.31. The average molecular weight is 305 g/mol. The first-order valence-electron chi connectivity index (χ1n) is 6.91. The lowest BCUT2D eigenvalue weighted by molar-refractivity contribution is -0.120. The van der Waals surface area contributed by atoms with E-state index in [1.807, 2.05) is 45.0 Å². The Morgan fingerprint density at radius 1 is 1.38 bits per heavy atom. The maximum Gasteiger partial charge on any atom is 0.233 e. The van der Waals surface area contributed by atoms with Crippen LogP contribution in [-0.2, 0) is 4.79 Å². The fraction of sp³-hybridized carbons (Fsp3) is 0.429. The van der Waals surface area contributed by atoms with Gasteiger partial charge in [0.15, 0.2) is 0 Å². The summed E-state index contributed by atoms with van der Waals surface area (Å²) in [4.78, 5) is 11.9. The third-order valence-electron chi connectivity index (χ3n) is 2.92. The molecule has 0 bridgehead atoms. The molecule has 0 aliphatic carbocycles. The van der Waals surface area contributed by atoms with Crippen LogP contribution in [0, 0.1) is 6.92 Å². The number of carbonyl (C=O) groups is 1. The Kier molecular flexibility index (Phi) is 5.32. The molecule has 2 rings (SSSR count). The molecule has 1 atom stereocenters. The van der Waals surface area contributed by atoms with Gasteiger partial charge in [-0.25, -0.2) is 0 Å². The Labute approximate surface area is 128 Å². The molecule has 112 valence electrons. The van der Waals surface area contributed by atoms with Gasteiger partial charge in [-0.2, -0.15) is 4.68 Å². The van der Waals surface area contributed by atoms with Crippen LogP contribution in [0.5, 0.6) is 0 Å². The molecule has 6 nitrogen and oxygen atoms in total. The van der Waals surface area contributed by atoms with Crippen molar-refractivity contribution in [3.63, 3.8) is 0 Å². The van der Waals surface area contributed by atoms with Crippen molar-refractivity contribution in [1.29, 1.82) is 0 Å². The molecule has 21 heavy (non-hydrogen) atoms. The Bertz CT molecular complexity index is 596. The van der Waals surface area contributed by atoms with Crippen molar-refractivity contribution in [1.82, 2.24) is 25.5 Å². The first kappa shape index (κ1) is 15.5. The second-order valence-corrected chi connectivity index (χ2v) is 6.07. The van der Waals surface area contributed by atoms with Crippen LogP contribution in [0.2, 0.25) is 0 Å². The number of amides is 1. The molecule has 0 saturated heterocycles. The van der Waals surface area contributed by atoms with Crippen LogP contribution in [0.15, 0.2) is 29.4 Å². The lowest BCUT2D eigenvalue weighted by Gasteiger charge is -2.11. The van der Waals surface area contributed by atoms with Crippen molar-refractivity contribution in [2.45, 2.75) is 37.6 Å². The summed E-state index contributed by atoms with van der Waals surface area (Å²) in [7, 11) is 0. The van der Waals surface area contributed by atoms with E-state index >= 15 is 0 Å². The van der Waals surface area contributed by atoms with Crippen molar-refractivity contribution < 1.29 is 4.79 Å². The largest absolute Gasteiger partial charge is 0.355 e. The highest BCUT2D eigenvalue weighted by Crippen LogP contribution is 2.22. The monoisotopic (exact) mass is 305 g/mol. The number of hydrogen-bond donors (Lipinski definition) is 1. The highest BCUT2D eigenvalue weighted by atomic mass is 32.2. The minimum absolute atomic E-state index is 0.000283. The van der Waals surface area contributed by atoms with Crippen LogP contribution in [-0.4, -0.2) is 37.9 Å². The summed E-state index contributed by atoms with van der Waals surface area (Å²) in [5.74, 6) is 0.000283. The first-order chi connectivity index (χ1) is 10.1. The zero-order valence-corrected chi connectivity index (χ0v) is 13.2. The fourth-order valence-electron chi connectivity index (χ4n) is 1.70. The molecule has 0 aliphatic heterocycles. The van der Waals surface area contributed by atoms with E-state index in [1.165, 1.54) is 17.3 Å². The van der Waals surface area contributed by atoms with E-state index in [1.54, 1.807) is 4.68 Å². The number of nitrogens with zero attached hydrogens (tertiary/aromatic N) is 4. The van der Waals surface area contributed by atoms with Gasteiger partial charge in [0.1, 0.15) is 0 Å². The van der Waals surface area contributed by atoms with E-state index in [0.29, 0.717) is 11.7 Å². The van der Waals surface area contributed by atoms with Crippen molar-refractivity contribution >= 4 is 17.7 Å².